The van der Waals surface area contributed by atoms with Crippen LogP contribution in [0.15, 0.2) is 53.7 Å². The summed E-state index contributed by atoms with van der Waals surface area (Å²) in [7, 11) is 1.80. The molecule has 2 N–H and O–H groups in total. The Labute approximate surface area is 195 Å². The largest absolute Gasteiger partial charge is 0.494 e. The first-order valence-corrected chi connectivity index (χ1v) is 11.3. The first-order valence-electron chi connectivity index (χ1n) is 9.98. The van der Waals surface area contributed by atoms with Crippen LogP contribution in [0.1, 0.15) is 36.1 Å². The minimum Gasteiger partial charge on any atom is -0.494 e. The van der Waals surface area contributed by atoms with Crippen LogP contribution in [0.4, 0.5) is 5.69 Å². The van der Waals surface area contributed by atoms with E-state index in [1.165, 1.54) is 11.8 Å². The number of thioether (sulfide) groups is 1. The fraction of sp³-hybridized carbons (Fsp3) is 0.273. The number of benzene rings is 2. The molecule has 0 aliphatic rings. The number of rotatable bonds is 9. The molecule has 8 nitrogen and oxygen atoms in total. The van der Waals surface area contributed by atoms with Gasteiger partial charge in [-0.15, -0.1) is 10.2 Å². The van der Waals surface area contributed by atoms with Crippen LogP contribution < -0.4 is 15.4 Å². The summed E-state index contributed by atoms with van der Waals surface area (Å²) >= 11 is 7.13. The summed E-state index contributed by atoms with van der Waals surface area (Å²) in [6, 6.07) is 13.5. The molecule has 32 heavy (non-hydrogen) atoms. The lowest BCUT2D eigenvalue weighted by atomic mass is 10.2. The number of hydrogen-bond acceptors (Lipinski definition) is 6. The maximum Gasteiger partial charge on any atom is 0.251 e. The van der Waals surface area contributed by atoms with Crippen molar-refractivity contribution >= 4 is 40.9 Å². The summed E-state index contributed by atoms with van der Waals surface area (Å²) in [6.07, 6.45) is 0. The Morgan fingerprint density at radius 1 is 1.12 bits per heavy atom. The molecule has 1 aromatic heterocycles. The number of nitrogens with one attached hydrogen (secondary N) is 2. The number of halogens is 1. The van der Waals surface area contributed by atoms with Crippen molar-refractivity contribution in [3.8, 4) is 5.75 Å². The summed E-state index contributed by atoms with van der Waals surface area (Å²) in [5, 5.41) is 15.2. The van der Waals surface area contributed by atoms with Gasteiger partial charge in [-0.3, -0.25) is 9.59 Å². The highest BCUT2D eigenvalue weighted by molar-refractivity contribution is 7.99. The van der Waals surface area contributed by atoms with E-state index in [9.17, 15) is 9.59 Å². The van der Waals surface area contributed by atoms with Crippen molar-refractivity contribution in [2.75, 3.05) is 17.7 Å². The average Bonchev–Trinajstić information content (AvgIpc) is 3.14. The molecule has 2 amide bonds. The molecular weight excluding hydrogens is 450 g/mol. The molecule has 0 radical (unpaired) electrons. The van der Waals surface area contributed by atoms with Gasteiger partial charge in [0.05, 0.1) is 18.4 Å². The quantitative estimate of drug-likeness (QED) is 0.454. The van der Waals surface area contributed by atoms with Gasteiger partial charge in [0, 0.05) is 23.3 Å². The highest BCUT2D eigenvalue weighted by Crippen LogP contribution is 2.21. The van der Waals surface area contributed by atoms with E-state index >= 15 is 0 Å². The van der Waals surface area contributed by atoms with E-state index in [1.54, 1.807) is 60.1 Å². The number of nitrogens with zero attached hydrogens (tertiary/aromatic N) is 3. The van der Waals surface area contributed by atoms with Crippen molar-refractivity contribution in [2.45, 2.75) is 25.0 Å². The number of aromatic nitrogens is 3. The average molecular weight is 474 g/mol. The third kappa shape index (κ3) is 6.24. The zero-order chi connectivity index (χ0) is 23.1. The predicted molar refractivity (Wildman–Crippen MR) is 125 cm³/mol. The molecule has 3 aromatic rings. The summed E-state index contributed by atoms with van der Waals surface area (Å²) in [5.74, 6) is 1.12. The monoisotopic (exact) mass is 473 g/mol. The molecule has 0 saturated heterocycles. The van der Waals surface area contributed by atoms with Crippen molar-refractivity contribution in [1.29, 1.82) is 0 Å². The smallest absolute Gasteiger partial charge is 0.251 e. The lowest BCUT2D eigenvalue weighted by Crippen LogP contribution is -2.28. The first kappa shape index (κ1) is 23.6. The number of carbonyl (C=O) groups is 2. The number of ether oxygens (including phenoxy) is 1. The number of carbonyl (C=O) groups excluding carboxylic acids is 2. The van der Waals surface area contributed by atoms with Crippen LogP contribution >= 0.6 is 23.4 Å². The second kappa shape index (κ2) is 11.0. The van der Waals surface area contributed by atoms with Crippen molar-refractivity contribution in [1.82, 2.24) is 20.1 Å². The Morgan fingerprint density at radius 3 is 2.47 bits per heavy atom. The summed E-state index contributed by atoms with van der Waals surface area (Å²) in [5.41, 5.74) is 1.19. The molecule has 0 saturated carbocycles. The Hall–Kier alpha value is -3.04. The highest BCUT2D eigenvalue weighted by atomic mass is 35.5. The molecular formula is C22H24ClN5O3S. The number of hydrogen-bond donors (Lipinski definition) is 2. The van der Waals surface area contributed by atoms with Gasteiger partial charge in [-0.2, -0.15) is 0 Å². The molecule has 2 aromatic carbocycles. The van der Waals surface area contributed by atoms with Crippen LogP contribution in [0.25, 0.3) is 0 Å². The number of anilines is 1. The van der Waals surface area contributed by atoms with Crippen molar-refractivity contribution in [3.05, 3.63) is 64.9 Å². The maximum absolute atomic E-state index is 12.4. The number of amides is 2. The lowest BCUT2D eigenvalue weighted by molar-refractivity contribution is -0.113. The second-order valence-electron chi connectivity index (χ2n) is 6.90. The van der Waals surface area contributed by atoms with E-state index in [-0.39, 0.29) is 23.6 Å². The lowest BCUT2D eigenvalue weighted by Gasteiger charge is -2.13. The van der Waals surface area contributed by atoms with Crippen molar-refractivity contribution < 1.29 is 14.3 Å². The van der Waals surface area contributed by atoms with Crippen LogP contribution in [-0.4, -0.2) is 38.9 Å². The van der Waals surface area contributed by atoms with Gasteiger partial charge in [0.1, 0.15) is 5.75 Å². The molecule has 0 spiro atoms. The fourth-order valence-corrected chi connectivity index (χ4v) is 3.75. The van der Waals surface area contributed by atoms with Gasteiger partial charge < -0.3 is 19.9 Å². The standard InChI is InChI=1S/C22H24ClN5O3S/c1-4-31-18-11-9-17(10-12-18)25-19(29)13-32-22-27-26-20(28(22)3)14(2)24-21(30)15-5-7-16(23)8-6-15/h5-12,14H,4,13H2,1-3H3,(H,24,30)(H,25,29). The van der Waals surface area contributed by atoms with E-state index in [2.05, 4.69) is 20.8 Å². The molecule has 1 unspecified atom stereocenters. The van der Waals surface area contributed by atoms with E-state index < -0.39 is 0 Å². The zero-order valence-corrected chi connectivity index (χ0v) is 19.5. The molecule has 0 fully saturated rings. The third-order valence-corrected chi connectivity index (χ3v) is 5.76. The molecule has 3 rings (SSSR count). The summed E-state index contributed by atoms with van der Waals surface area (Å²) in [6.45, 7) is 4.33. The van der Waals surface area contributed by atoms with E-state index in [1.807, 2.05) is 13.8 Å². The maximum atomic E-state index is 12.4. The van der Waals surface area contributed by atoms with E-state index in [0.29, 0.717) is 33.9 Å². The summed E-state index contributed by atoms with van der Waals surface area (Å²) < 4.78 is 7.16. The molecule has 0 aliphatic carbocycles. The van der Waals surface area contributed by atoms with Crippen molar-refractivity contribution in [2.24, 2.45) is 7.05 Å². The van der Waals surface area contributed by atoms with Crippen LogP contribution in [-0.2, 0) is 11.8 Å². The molecule has 0 aliphatic heterocycles. The first-order chi connectivity index (χ1) is 15.4. The Morgan fingerprint density at radius 2 is 1.81 bits per heavy atom. The predicted octanol–water partition coefficient (Wildman–Crippen LogP) is 4.09. The van der Waals surface area contributed by atoms with Crippen LogP contribution in [0, 0.1) is 0 Å². The van der Waals surface area contributed by atoms with Gasteiger partial charge in [0.25, 0.3) is 5.91 Å². The normalized spacial score (nSPS) is 11.6. The SMILES string of the molecule is CCOc1ccc(NC(=O)CSc2nnc(C(C)NC(=O)c3ccc(Cl)cc3)n2C)cc1. The Balaban J connectivity index is 1.54. The van der Waals surface area contributed by atoms with E-state index in [4.69, 9.17) is 16.3 Å². The minimum absolute atomic E-state index is 0.159. The van der Waals surface area contributed by atoms with Crippen molar-refractivity contribution in [3.63, 3.8) is 0 Å². The third-order valence-electron chi connectivity index (χ3n) is 4.49. The van der Waals surface area contributed by atoms with Gasteiger partial charge >= 0.3 is 0 Å². The molecule has 1 heterocycles. The molecule has 1 atom stereocenters. The molecule has 10 heteroatoms. The van der Waals surface area contributed by atoms with Gasteiger partial charge in [-0.05, 0) is 62.4 Å². The van der Waals surface area contributed by atoms with Gasteiger partial charge in [0.2, 0.25) is 5.91 Å². The topological polar surface area (TPSA) is 98.1 Å². The van der Waals surface area contributed by atoms with Crippen LogP contribution in [0.3, 0.4) is 0 Å². The van der Waals surface area contributed by atoms with Gasteiger partial charge in [-0.1, -0.05) is 23.4 Å². The zero-order valence-electron chi connectivity index (χ0n) is 18.0. The molecule has 0 bridgehead atoms. The minimum atomic E-state index is -0.372. The fourth-order valence-electron chi connectivity index (χ4n) is 2.90. The van der Waals surface area contributed by atoms with Crippen LogP contribution in [0.2, 0.25) is 5.02 Å². The van der Waals surface area contributed by atoms with Gasteiger partial charge in [0.15, 0.2) is 11.0 Å². The Kier molecular flexibility index (Phi) is 8.13. The highest BCUT2D eigenvalue weighted by Gasteiger charge is 2.19. The second-order valence-corrected chi connectivity index (χ2v) is 8.28. The summed E-state index contributed by atoms with van der Waals surface area (Å²) in [4.78, 5) is 24.7. The van der Waals surface area contributed by atoms with E-state index in [0.717, 1.165) is 5.75 Å². The Bertz CT molecular complexity index is 1070. The molecule has 168 valence electrons. The van der Waals surface area contributed by atoms with Crippen LogP contribution in [0.5, 0.6) is 5.75 Å². The van der Waals surface area contributed by atoms with Gasteiger partial charge in [-0.25, -0.2) is 0 Å².